The molecule has 1 aromatic heterocycles. The number of aliphatic hydroxyl groups is 1. The first kappa shape index (κ1) is 24.1. The molecule has 0 saturated carbocycles. The number of carbonyl (C=O) groups excluding carboxylic acids is 1. The Morgan fingerprint density at radius 3 is 2.59 bits per heavy atom. The van der Waals surface area contributed by atoms with Crippen LogP contribution in [0.3, 0.4) is 0 Å². The standard InChI is InChI=1S/C22H19Cl2N3O6S/c1-32-20-8-6-15(10-25-20)34(30,31)27-11-14(12-28)33-19-7-5-13(9-18(19)27)26-22(29)21-16(23)3-2-4-17(21)24/h2-10,14,28H,11-12H2,1H3,(H,26,29)/t14-/m1/s1. The summed E-state index contributed by atoms with van der Waals surface area (Å²) in [4.78, 5) is 16.7. The van der Waals surface area contributed by atoms with Gasteiger partial charge in [-0.05, 0) is 36.4 Å². The first-order valence-corrected chi connectivity index (χ1v) is 12.1. The number of hydrogen-bond donors (Lipinski definition) is 2. The number of rotatable bonds is 6. The van der Waals surface area contributed by atoms with Crippen molar-refractivity contribution in [3.05, 3.63) is 70.3 Å². The van der Waals surface area contributed by atoms with Gasteiger partial charge in [-0.2, -0.15) is 0 Å². The van der Waals surface area contributed by atoms with E-state index in [-0.39, 0.29) is 44.4 Å². The van der Waals surface area contributed by atoms with Crippen LogP contribution >= 0.6 is 23.2 Å². The Labute approximate surface area is 205 Å². The quantitative estimate of drug-likeness (QED) is 0.506. The van der Waals surface area contributed by atoms with Crippen molar-refractivity contribution in [3.8, 4) is 11.6 Å². The highest BCUT2D eigenvalue weighted by molar-refractivity contribution is 7.92. The van der Waals surface area contributed by atoms with Crippen molar-refractivity contribution in [3.63, 3.8) is 0 Å². The molecule has 178 valence electrons. The molecule has 0 unspecified atom stereocenters. The largest absolute Gasteiger partial charge is 0.484 e. The van der Waals surface area contributed by atoms with Crippen LogP contribution in [0, 0.1) is 0 Å². The summed E-state index contributed by atoms with van der Waals surface area (Å²) in [5, 5.41) is 12.7. The molecule has 0 aliphatic carbocycles. The molecule has 2 heterocycles. The number of ether oxygens (including phenoxy) is 2. The summed E-state index contributed by atoms with van der Waals surface area (Å²) >= 11 is 12.2. The van der Waals surface area contributed by atoms with Gasteiger partial charge >= 0.3 is 0 Å². The number of pyridine rings is 1. The van der Waals surface area contributed by atoms with Crippen LogP contribution in [-0.2, 0) is 10.0 Å². The second-order valence-electron chi connectivity index (χ2n) is 7.23. The molecule has 1 atom stereocenters. The van der Waals surface area contributed by atoms with Crippen LogP contribution < -0.4 is 19.1 Å². The van der Waals surface area contributed by atoms with Crippen molar-refractivity contribution >= 4 is 50.5 Å². The van der Waals surface area contributed by atoms with Crippen LogP contribution in [0.5, 0.6) is 11.6 Å². The first-order chi connectivity index (χ1) is 16.2. The second kappa shape index (κ2) is 9.67. The van der Waals surface area contributed by atoms with E-state index in [2.05, 4.69) is 10.3 Å². The van der Waals surface area contributed by atoms with E-state index >= 15 is 0 Å². The normalized spacial score (nSPS) is 15.3. The number of sulfonamides is 1. The Morgan fingerprint density at radius 2 is 1.97 bits per heavy atom. The molecule has 2 aromatic carbocycles. The van der Waals surface area contributed by atoms with Gasteiger partial charge in [-0.3, -0.25) is 9.10 Å². The maximum atomic E-state index is 13.4. The lowest BCUT2D eigenvalue weighted by Crippen LogP contribution is -2.45. The lowest BCUT2D eigenvalue weighted by molar-refractivity contribution is 0.102. The summed E-state index contributed by atoms with van der Waals surface area (Å²) in [6.45, 7) is -0.540. The SMILES string of the molecule is COc1ccc(S(=O)(=O)N2C[C@H](CO)Oc3ccc(NC(=O)c4c(Cl)cccc4Cl)cc32)cn1. The van der Waals surface area contributed by atoms with Crippen molar-refractivity contribution < 1.29 is 27.8 Å². The summed E-state index contributed by atoms with van der Waals surface area (Å²) in [6, 6.07) is 12.0. The van der Waals surface area contributed by atoms with Gasteiger partial charge in [0.1, 0.15) is 16.7 Å². The van der Waals surface area contributed by atoms with Gasteiger partial charge in [-0.1, -0.05) is 29.3 Å². The third-order valence-corrected chi connectivity index (χ3v) is 7.44. The maximum Gasteiger partial charge on any atom is 0.266 e. The second-order valence-corrected chi connectivity index (χ2v) is 9.90. The molecule has 1 aliphatic heterocycles. The number of fused-ring (bicyclic) bond motifs is 1. The number of halogens is 2. The zero-order valence-electron chi connectivity index (χ0n) is 17.7. The van der Waals surface area contributed by atoms with Gasteiger partial charge in [-0.25, -0.2) is 13.4 Å². The molecule has 1 amide bonds. The highest BCUT2D eigenvalue weighted by atomic mass is 35.5. The summed E-state index contributed by atoms with van der Waals surface area (Å²) in [5.41, 5.74) is 0.566. The number of aromatic nitrogens is 1. The topological polar surface area (TPSA) is 118 Å². The Bertz CT molecular complexity index is 1310. The number of anilines is 2. The predicted octanol–water partition coefficient (Wildman–Crippen LogP) is 3.60. The monoisotopic (exact) mass is 523 g/mol. The van der Waals surface area contributed by atoms with Gasteiger partial charge in [0.05, 0.1) is 47.8 Å². The van der Waals surface area contributed by atoms with Crippen LogP contribution in [-0.4, -0.2) is 50.8 Å². The minimum absolute atomic E-state index is 0.0740. The van der Waals surface area contributed by atoms with Crippen molar-refractivity contribution in [1.82, 2.24) is 4.98 Å². The molecule has 9 nitrogen and oxygen atoms in total. The Morgan fingerprint density at radius 1 is 1.24 bits per heavy atom. The predicted molar refractivity (Wildman–Crippen MR) is 128 cm³/mol. The lowest BCUT2D eigenvalue weighted by atomic mass is 10.1. The van der Waals surface area contributed by atoms with E-state index in [1.165, 1.54) is 49.7 Å². The van der Waals surface area contributed by atoms with E-state index in [1.54, 1.807) is 12.1 Å². The number of nitrogens with one attached hydrogen (secondary N) is 1. The maximum absolute atomic E-state index is 13.4. The number of amides is 1. The van der Waals surface area contributed by atoms with E-state index in [1.807, 2.05) is 0 Å². The molecule has 0 spiro atoms. The van der Waals surface area contributed by atoms with Crippen molar-refractivity contribution in [1.29, 1.82) is 0 Å². The Kier molecular flexibility index (Phi) is 6.85. The summed E-state index contributed by atoms with van der Waals surface area (Å²) < 4.78 is 38.7. The molecule has 0 bridgehead atoms. The minimum Gasteiger partial charge on any atom is -0.484 e. The van der Waals surface area contributed by atoms with E-state index in [4.69, 9.17) is 32.7 Å². The molecule has 0 fully saturated rings. The van der Waals surface area contributed by atoms with Crippen LogP contribution in [0.4, 0.5) is 11.4 Å². The summed E-state index contributed by atoms with van der Waals surface area (Å²) in [5.74, 6) is -0.0730. The van der Waals surface area contributed by atoms with Gasteiger partial charge in [0, 0.05) is 11.8 Å². The van der Waals surface area contributed by atoms with E-state index < -0.39 is 28.6 Å². The number of nitrogens with zero attached hydrogens (tertiary/aromatic N) is 2. The fourth-order valence-electron chi connectivity index (χ4n) is 3.39. The molecule has 1 aliphatic rings. The van der Waals surface area contributed by atoms with Gasteiger partial charge in [0.2, 0.25) is 5.88 Å². The van der Waals surface area contributed by atoms with E-state index in [0.717, 1.165) is 4.31 Å². The number of benzene rings is 2. The lowest BCUT2D eigenvalue weighted by Gasteiger charge is -2.35. The highest BCUT2D eigenvalue weighted by Crippen LogP contribution is 2.39. The van der Waals surface area contributed by atoms with Crippen LogP contribution in [0.2, 0.25) is 10.0 Å². The highest BCUT2D eigenvalue weighted by Gasteiger charge is 2.35. The molecule has 4 rings (SSSR count). The van der Waals surface area contributed by atoms with Crippen molar-refractivity contribution in [2.75, 3.05) is 29.9 Å². The zero-order valence-corrected chi connectivity index (χ0v) is 20.1. The average molecular weight is 524 g/mol. The Balaban J connectivity index is 1.71. The van der Waals surface area contributed by atoms with Crippen LogP contribution in [0.25, 0.3) is 0 Å². The molecule has 3 aromatic rings. The average Bonchev–Trinajstić information content (AvgIpc) is 2.83. The van der Waals surface area contributed by atoms with Crippen LogP contribution in [0.15, 0.2) is 59.6 Å². The first-order valence-electron chi connectivity index (χ1n) is 9.94. The van der Waals surface area contributed by atoms with E-state index in [0.29, 0.717) is 5.69 Å². The molecule has 2 N–H and O–H groups in total. The minimum atomic E-state index is -4.09. The van der Waals surface area contributed by atoms with Crippen LogP contribution in [0.1, 0.15) is 10.4 Å². The smallest absolute Gasteiger partial charge is 0.266 e. The van der Waals surface area contributed by atoms with E-state index in [9.17, 15) is 18.3 Å². The molecule has 12 heteroatoms. The van der Waals surface area contributed by atoms with Gasteiger partial charge in [0.25, 0.3) is 15.9 Å². The molecule has 0 saturated heterocycles. The fraction of sp³-hybridized carbons (Fsp3) is 0.182. The zero-order chi connectivity index (χ0) is 24.5. The van der Waals surface area contributed by atoms with Crippen molar-refractivity contribution in [2.45, 2.75) is 11.0 Å². The molecule has 34 heavy (non-hydrogen) atoms. The number of hydrogen-bond acceptors (Lipinski definition) is 7. The number of methoxy groups -OCH3 is 1. The summed E-state index contributed by atoms with van der Waals surface area (Å²) in [7, 11) is -2.66. The third-order valence-electron chi connectivity index (χ3n) is 5.05. The fourth-order valence-corrected chi connectivity index (χ4v) is 5.40. The third kappa shape index (κ3) is 4.62. The molecule has 0 radical (unpaired) electrons. The molecular formula is C22H19Cl2N3O6S. The van der Waals surface area contributed by atoms with Gasteiger partial charge in [0.15, 0.2) is 0 Å². The summed E-state index contributed by atoms with van der Waals surface area (Å²) in [6.07, 6.45) is 0.401. The van der Waals surface area contributed by atoms with Crippen molar-refractivity contribution in [2.24, 2.45) is 0 Å². The molecular weight excluding hydrogens is 505 g/mol. The van der Waals surface area contributed by atoms with Gasteiger partial charge < -0.3 is 19.9 Å². The Hall–Kier alpha value is -3.05. The van der Waals surface area contributed by atoms with Gasteiger partial charge in [-0.15, -0.1) is 0 Å². The number of aliphatic hydroxyl groups excluding tert-OH is 1. The number of carbonyl (C=O) groups is 1.